The summed E-state index contributed by atoms with van der Waals surface area (Å²) in [6.45, 7) is 1.97. The average Bonchev–Trinajstić information content (AvgIpc) is 3.04. The Bertz CT molecular complexity index is 706. The highest BCUT2D eigenvalue weighted by molar-refractivity contribution is 5.90. The number of ether oxygens (including phenoxy) is 1. The minimum atomic E-state index is -0.368. The molecule has 4 rings (SSSR count). The van der Waals surface area contributed by atoms with E-state index in [9.17, 15) is 9.50 Å². The van der Waals surface area contributed by atoms with Crippen LogP contribution in [0.15, 0.2) is 24.5 Å². The third-order valence-corrected chi connectivity index (χ3v) is 5.02. The lowest BCUT2D eigenvalue weighted by Crippen LogP contribution is -2.46. The van der Waals surface area contributed by atoms with Crippen molar-refractivity contribution >= 4 is 16.7 Å². The average molecular weight is 317 g/mol. The Balaban J connectivity index is 1.74. The number of benzene rings is 1. The van der Waals surface area contributed by atoms with Gasteiger partial charge in [0.05, 0.1) is 23.6 Å². The van der Waals surface area contributed by atoms with E-state index < -0.39 is 0 Å². The topological polar surface area (TPSA) is 58.5 Å². The molecule has 3 atom stereocenters. The van der Waals surface area contributed by atoms with E-state index in [1.54, 1.807) is 12.1 Å². The summed E-state index contributed by atoms with van der Waals surface area (Å²) in [4.78, 5) is 10.7. The van der Waals surface area contributed by atoms with Gasteiger partial charge in [-0.05, 0) is 31.4 Å². The molecule has 0 unspecified atom stereocenters. The van der Waals surface area contributed by atoms with Crippen molar-refractivity contribution in [2.75, 3.05) is 24.7 Å². The number of rotatable bonds is 2. The minimum absolute atomic E-state index is 0.0445. The maximum atomic E-state index is 14.4. The summed E-state index contributed by atoms with van der Waals surface area (Å²) in [6.07, 6.45) is 3.75. The Morgan fingerprint density at radius 2 is 2.17 bits per heavy atom. The molecule has 0 bridgehead atoms. The molecule has 23 heavy (non-hydrogen) atoms. The molecule has 0 aliphatic carbocycles. The van der Waals surface area contributed by atoms with Crippen molar-refractivity contribution in [2.24, 2.45) is 5.92 Å². The largest absolute Gasteiger partial charge is 0.393 e. The van der Waals surface area contributed by atoms with Crippen LogP contribution < -0.4 is 4.90 Å². The summed E-state index contributed by atoms with van der Waals surface area (Å²) in [5.74, 6) is 0.376. The van der Waals surface area contributed by atoms with Gasteiger partial charge in [-0.15, -0.1) is 0 Å². The normalized spacial score (nSPS) is 28.4. The number of anilines is 1. The highest BCUT2D eigenvalue weighted by Crippen LogP contribution is 2.36. The van der Waals surface area contributed by atoms with Gasteiger partial charge in [0.1, 0.15) is 18.0 Å². The first kappa shape index (κ1) is 14.8. The van der Waals surface area contributed by atoms with Crippen molar-refractivity contribution < 1.29 is 14.2 Å². The van der Waals surface area contributed by atoms with Gasteiger partial charge in [0, 0.05) is 25.1 Å². The van der Waals surface area contributed by atoms with Gasteiger partial charge in [0.15, 0.2) is 0 Å². The zero-order chi connectivity index (χ0) is 15.8. The lowest BCUT2D eigenvalue weighted by atomic mass is 9.89. The molecule has 2 aliphatic heterocycles. The molecule has 2 saturated heterocycles. The van der Waals surface area contributed by atoms with Crippen LogP contribution in [0.25, 0.3) is 10.9 Å². The van der Waals surface area contributed by atoms with E-state index in [1.165, 1.54) is 12.4 Å². The summed E-state index contributed by atoms with van der Waals surface area (Å²) >= 11 is 0. The summed E-state index contributed by atoms with van der Waals surface area (Å²) < 4.78 is 19.9. The molecular formula is C17H20FN3O2. The van der Waals surface area contributed by atoms with Gasteiger partial charge in [0.25, 0.3) is 0 Å². The second-order valence-corrected chi connectivity index (χ2v) is 6.33. The van der Waals surface area contributed by atoms with Crippen LogP contribution in [0.2, 0.25) is 0 Å². The highest BCUT2D eigenvalue weighted by atomic mass is 19.1. The van der Waals surface area contributed by atoms with Crippen LogP contribution in [0.3, 0.4) is 0 Å². The summed E-state index contributed by atoms with van der Waals surface area (Å²) in [6, 6.07) is 5.03. The zero-order valence-electron chi connectivity index (χ0n) is 12.9. The number of hydrogen-bond acceptors (Lipinski definition) is 5. The fourth-order valence-electron chi connectivity index (χ4n) is 3.89. The molecule has 2 aliphatic rings. The second-order valence-electron chi connectivity index (χ2n) is 6.33. The molecule has 122 valence electrons. The fraction of sp³-hybridized carbons (Fsp3) is 0.529. The van der Waals surface area contributed by atoms with Gasteiger partial charge < -0.3 is 14.7 Å². The van der Waals surface area contributed by atoms with Crippen LogP contribution in [-0.2, 0) is 4.74 Å². The third kappa shape index (κ3) is 2.56. The second kappa shape index (κ2) is 6.02. The Hall–Kier alpha value is -1.79. The molecule has 2 fully saturated rings. The van der Waals surface area contributed by atoms with E-state index in [-0.39, 0.29) is 23.9 Å². The van der Waals surface area contributed by atoms with Gasteiger partial charge in [-0.2, -0.15) is 0 Å². The molecule has 0 saturated carbocycles. The maximum absolute atomic E-state index is 14.4. The monoisotopic (exact) mass is 317 g/mol. The number of fused-ring (bicyclic) bond motifs is 1. The predicted octanol–water partition coefficient (Wildman–Crippen LogP) is 2.14. The van der Waals surface area contributed by atoms with Crippen molar-refractivity contribution in [1.29, 1.82) is 0 Å². The lowest BCUT2D eigenvalue weighted by Gasteiger charge is -2.37. The molecule has 0 spiro atoms. The molecule has 1 aromatic carbocycles. The molecule has 1 aromatic heterocycles. The van der Waals surface area contributed by atoms with Crippen molar-refractivity contribution in [3.05, 3.63) is 30.3 Å². The van der Waals surface area contributed by atoms with Crippen molar-refractivity contribution in [1.82, 2.24) is 9.97 Å². The van der Waals surface area contributed by atoms with Gasteiger partial charge in [-0.25, -0.2) is 14.4 Å². The Labute approximate surface area is 134 Å². The number of nitrogens with zero attached hydrogens (tertiary/aromatic N) is 3. The molecule has 6 heteroatoms. The van der Waals surface area contributed by atoms with E-state index in [4.69, 9.17) is 4.74 Å². The number of aliphatic hydroxyl groups is 1. The smallest absolute Gasteiger partial charge is 0.143 e. The SMILES string of the molecule is O[C@@H]1CCOC[C@H]1[C@@H]1CCCN1c1ncnc2cccc(F)c12. The van der Waals surface area contributed by atoms with Crippen molar-refractivity contribution in [2.45, 2.75) is 31.4 Å². The van der Waals surface area contributed by atoms with E-state index in [2.05, 4.69) is 14.9 Å². The maximum Gasteiger partial charge on any atom is 0.143 e. The summed E-state index contributed by atoms with van der Waals surface area (Å²) in [5.41, 5.74) is 0.612. The van der Waals surface area contributed by atoms with E-state index in [0.717, 1.165) is 19.4 Å². The summed E-state index contributed by atoms with van der Waals surface area (Å²) in [7, 11) is 0. The quantitative estimate of drug-likeness (QED) is 0.919. The van der Waals surface area contributed by atoms with E-state index >= 15 is 0 Å². The molecular weight excluding hydrogens is 297 g/mol. The van der Waals surface area contributed by atoms with Gasteiger partial charge in [0.2, 0.25) is 0 Å². The van der Waals surface area contributed by atoms with Crippen LogP contribution in [0.4, 0.5) is 10.2 Å². The van der Waals surface area contributed by atoms with Crippen LogP contribution in [0, 0.1) is 11.7 Å². The van der Waals surface area contributed by atoms with Crippen LogP contribution in [0.1, 0.15) is 19.3 Å². The number of aliphatic hydroxyl groups excluding tert-OH is 1. The summed E-state index contributed by atoms with van der Waals surface area (Å²) in [5, 5.41) is 10.8. The number of aromatic nitrogens is 2. The Morgan fingerprint density at radius 3 is 3.04 bits per heavy atom. The molecule has 0 amide bonds. The van der Waals surface area contributed by atoms with Crippen LogP contribution in [0.5, 0.6) is 0 Å². The molecule has 0 radical (unpaired) electrons. The van der Waals surface area contributed by atoms with Crippen LogP contribution >= 0.6 is 0 Å². The van der Waals surface area contributed by atoms with E-state index in [1.807, 2.05) is 0 Å². The molecule has 1 N–H and O–H groups in total. The minimum Gasteiger partial charge on any atom is -0.393 e. The number of hydrogen-bond donors (Lipinski definition) is 1. The van der Waals surface area contributed by atoms with Gasteiger partial charge in [-0.3, -0.25) is 0 Å². The standard InChI is InChI=1S/C17H20FN3O2/c18-12-3-1-4-13-16(12)17(20-10-19-13)21-7-2-5-14(21)11-9-23-8-6-15(11)22/h1,3-4,10-11,14-15,22H,2,5-9H2/t11-,14-,15+/m0/s1. The van der Waals surface area contributed by atoms with Crippen molar-refractivity contribution in [3.63, 3.8) is 0 Å². The van der Waals surface area contributed by atoms with E-state index in [0.29, 0.717) is 36.4 Å². The first-order chi connectivity index (χ1) is 11.3. The molecule has 5 nitrogen and oxygen atoms in total. The molecule has 2 aromatic rings. The van der Waals surface area contributed by atoms with Gasteiger partial charge in [-0.1, -0.05) is 6.07 Å². The Kier molecular flexibility index (Phi) is 3.87. The zero-order valence-corrected chi connectivity index (χ0v) is 12.9. The predicted molar refractivity (Wildman–Crippen MR) is 84.8 cm³/mol. The first-order valence-electron chi connectivity index (χ1n) is 8.17. The van der Waals surface area contributed by atoms with Crippen LogP contribution in [-0.4, -0.2) is 47.0 Å². The highest BCUT2D eigenvalue weighted by Gasteiger charge is 2.38. The first-order valence-corrected chi connectivity index (χ1v) is 8.17. The number of halogens is 1. The van der Waals surface area contributed by atoms with Gasteiger partial charge >= 0.3 is 0 Å². The van der Waals surface area contributed by atoms with Crippen molar-refractivity contribution in [3.8, 4) is 0 Å². The Morgan fingerprint density at radius 1 is 1.26 bits per heavy atom. The third-order valence-electron chi connectivity index (χ3n) is 5.02. The fourth-order valence-corrected chi connectivity index (χ4v) is 3.89. The lowest BCUT2D eigenvalue weighted by molar-refractivity contribution is -0.0438. The molecule has 3 heterocycles.